The van der Waals surface area contributed by atoms with Gasteiger partial charge in [0, 0.05) is 0 Å². The van der Waals surface area contributed by atoms with Crippen LogP contribution in [0, 0.1) is 0 Å². The largest absolute Gasteiger partial charge is 2.00 e. The number of aliphatic hydroxyl groups excluding tert-OH is 5. The molecule has 0 spiro atoms. The van der Waals surface area contributed by atoms with Gasteiger partial charge in [0.2, 0.25) is 0 Å². The Labute approximate surface area is 108 Å². The molecule has 0 fully saturated rings. The van der Waals surface area contributed by atoms with E-state index in [4.69, 9.17) is 25.5 Å². The van der Waals surface area contributed by atoms with Crippen LogP contribution in [-0.4, -0.2) is 101 Å². The molecule has 0 radical (unpaired) electrons. The minimum Gasteiger partial charge on any atom is -1.00 e. The number of ketones is 1. The van der Waals surface area contributed by atoms with Crippen molar-refractivity contribution in [3.05, 3.63) is 0 Å². The molecule has 0 saturated heterocycles. The molecule has 6 nitrogen and oxygen atoms in total. The number of aliphatic hydroxyl groups is 5. The standard InChI is InChI=1S/C6H12O6.Ca.2H/c7-1-3(9)5(11)6(12)4(10)2-8;;;/h3,5-9,11-12H,1-2H2;;;/q;+2;2*-1/t3-,5-,6-;;;/m1.../s1. The predicted octanol–water partition coefficient (Wildman–Crippen LogP) is -3.53. The minimum atomic E-state index is -1.86. The van der Waals surface area contributed by atoms with Gasteiger partial charge in [-0.1, -0.05) is 0 Å². The van der Waals surface area contributed by atoms with E-state index in [1.807, 2.05) is 0 Å². The van der Waals surface area contributed by atoms with Crippen LogP contribution in [0.3, 0.4) is 0 Å². The van der Waals surface area contributed by atoms with E-state index in [0.717, 1.165) is 0 Å². The average molecular weight is 222 g/mol. The second-order valence-electron chi connectivity index (χ2n) is 2.31. The maximum atomic E-state index is 10.5. The van der Waals surface area contributed by atoms with Crippen LogP contribution in [0.15, 0.2) is 0 Å². The van der Waals surface area contributed by atoms with Gasteiger partial charge < -0.3 is 28.4 Å². The zero-order valence-electron chi connectivity index (χ0n) is 9.00. The molecule has 0 aliphatic heterocycles. The molecule has 0 aromatic heterocycles. The number of hydrogen-bond donors (Lipinski definition) is 5. The molecule has 0 unspecified atom stereocenters. The van der Waals surface area contributed by atoms with Crippen molar-refractivity contribution in [1.29, 1.82) is 0 Å². The van der Waals surface area contributed by atoms with Crippen molar-refractivity contribution >= 4 is 43.5 Å². The van der Waals surface area contributed by atoms with Gasteiger partial charge in [0.25, 0.3) is 0 Å². The summed E-state index contributed by atoms with van der Waals surface area (Å²) < 4.78 is 0. The summed E-state index contributed by atoms with van der Waals surface area (Å²) in [7, 11) is 0. The van der Waals surface area contributed by atoms with E-state index in [2.05, 4.69) is 0 Å². The molecule has 0 rings (SSSR count). The van der Waals surface area contributed by atoms with E-state index in [1.165, 1.54) is 0 Å². The second kappa shape index (κ2) is 8.07. The van der Waals surface area contributed by atoms with E-state index < -0.39 is 37.3 Å². The van der Waals surface area contributed by atoms with Crippen LogP contribution in [0.25, 0.3) is 0 Å². The SMILES string of the molecule is O=C(CO)[C@@H](O)[C@H](O)[C@H](O)CO.[Ca+2].[H-].[H-]. The normalized spacial score (nSPS) is 17.0. The first-order valence-corrected chi connectivity index (χ1v) is 3.33. The van der Waals surface area contributed by atoms with Gasteiger partial charge in [-0.3, -0.25) is 4.79 Å². The summed E-state index contributed by atoms with van der Waals surface area (Å²) in [6.45, 7) is -1.69. The Morgan fingerprint density at radius 1 is 1.23 bits per heavy atom. The van der Waals surface area contributed by atoms with Gasteiger partial charge in [-0.05, 0) is 0 Å². The third-order valence-corrected chi connectivity index (χ3v) is 1.39. The van der Waals surface area contributed by atoms with Crippen LogP contribution in [0.2, 0.25) is 0 Å². The molecule has 0 saturated carbocycles. The summed E-state index contributed by atoms with van der Waals surface area (Å²) in [5.74, 6) is -1.00. The van der Waals surface area contributed by atoms with E-state index >= 15 is 0 Å². The van der Waals surface area contributed by atoms with Crippen molar-refractivity contribution < 1.29 is 33.2 Å². The van der Waals surface area contributed by atoms with Gasteiger partial charge in [0.05, 0.1) is 6.61 Å². The molecule has 3 atom stereocenters. The number of rotatable bonds is 5. The Balaban J connectivity index is -0.000000202. The molecule has 7 heteroatoms. The van der Waals surface area contributed by atoms with Crippen LogP contribution in [0.1, 0.15) is 2.85 Å². The van der Waals surface area contributed by atoms with Crippen LogP contribution in [0.4, 0.5) is 0 Å². The molecule has 0 aromatic rings. The van der Waals surface area contributed by atoms with Crippen LogP contribution in [0.5, 0.6) is 0 Å². The number of Topliss-reactive ketones (excluding diaryl/α,β-unsaturated/α-hetero) is 1. The minimum absolute atomic E-state index is 0. The average Bonchev–Trinajstić information content (AvgIpc) is 2.12. The summed E-state index contributed by atoms with van der Waals surface area (Å²) >= 11 is 0. The molecule has 13 heavy (non-hydrogen) atoms. The maximum absolute atomic E-state index is 10.5. The van der Waals surface area contributed by atoms with Gasteiger partial charge >= 0.3 is 37.7 Å². The molecule has 0 aliphatic carbocycles. The fraction of sp³-hybridized carbons (Fsp3) is 0.833. The van der Waals surface area contributed by atoms with Crippen molar-refractivity contribution in [3.8, 4) is 0 Å². The fourth-order valence-electron chi connectivity index (χ4n) is 0.602. The third-order valence-electron chi connectivity index (χ3n) is 1.39. The first-order valence-electron chi connectivity index (χ1n) is 3.33. The molecule has 0 amide bonds. The fourth-order valence-corrected chi connectivity index (χ4v) is 0.602. The van der Waals surface area contributed by atoms with Crippen LogP contribution < -0.4 is 0 Å². The summed E-state index contributed by atoms with van der Waals surface area (Å²) in [5.41, 5.74) is 0. The van der Waals surface area contributed by atoms with E-state index in [-0.39, 0.29) is 40.6 Å². The molecular weight excluding hydrogens is 208 g/mol. The number of carbonyl (C=O) groups is 1. The Hall–Kier alpha value is 0.730. The molecule has 0 aliphatic rings. The molecular formula is C6H14CaO6. The molecule has 0 heterocycles. The van der Waals surface area contributed by atoms with Gasteiger partial charge in [-0.15, -0.1) is 0 Å². The predicted molar refractivity (Wildman–Crippen MR) is 45.2 cm³/mol. The first-order chi connectivity index (χ1) is 5.54. The maximum Gasteiger partial charge on any atom is 2.00 e. The Kier molecular flexibility index (Phi) is 10.0. The Morgan fingerprint density at radius 3 is 2.00 bits per heavy atom. The van der Waals surface area contributed by atoms with E-state index in [0.29, 0.717) is 0 Å². The Morgan fingerprint density at radius 2 is 1.69 bits per heavy atom. The van der Waals surface area contributed by atoms with Crippen LogP contribution >= 0.6 is 0 Å². The van der Waals surface area contributed by atoms with E-state index in [1.54, 1.807) is 0 Å². The first kappa shape index (κ1) is 16.2. The summed E-state index contributed by atoms with van der Waals surface area (Å²) in [6, 6.07) is 0. The zero-order valence-corrected chi connectivity index (χ0v) is 9.21. The molecule has 0 aromatic carbocycles. The second-order valence-corrected chi connectivity index (χ2v) is 2.31. The van der Waals surface area contributed by atoms with Gasteiger partial charge in [-0.2, -0.15) is 0 Å². The topological polar surface area (TPSA) is 118 Å². The van der Waals surface area contributed by atoms with Crippen LogP contribution in [-0.2, 0) is 4.79 Å². The van der Waals surface area contributed by atoms with Crippen molar-refractivity contribution in [2.75, 3.05) is 13.2 Å². The quantitative estimate of drug-likeness (QED) is 0.308. The van der Waals surface area contributed by atoms with Gasteiger partial charge in [0.1, 0.15) is 24.9 Å². The number of carbonyl (C=O) groups excluding carboxylic acids is 1. The van der Waals surface area contributed by atoms with Crippen molar-refractivity contribution in [3.63, 3.8) is 0 Å². The summed E-state index contributed by atoms with van der Waals surface area (Å²) in [5, 5.41) is 43.1. The van der Waals surface area contributed by atoms with Gasteiger partial charge in [-0.25, -0.2) is 0 Å². The zero-order chi connectivity index (χ0) is 9.72. The molecule has 76 valence electrons. The molecule has 0 bridgehead atoms. The summed E-state index contributed by atoms with van der Waals surface area (Å²) in [6.07, 6.45) is -5.22. The van der Waals surface area contributed by atoms with Gasteiger partial charge in [0.15, 0.2) is 5.78 Å². The Bertz CT molecular complexity index is 161. The monoisotopic (exact) mass is 222 g/mol. The summed E-state index contributed by atoms with van der Waals surface area (Å²) in [4.78, 5) is 10.5. The number of hydrogen-bond acceptors (Lipinski definition) is 6. The molecule has 5 N–H and O–H groups in total. The van der Waals surface area contributed by atoms with Crippen molar-refractivity contribution in [1.82, 2.24) is 0 Å². The van der Waals surface area contributed by atoms with Crippen molar-refractivity contribution in [2.45, 2.75) is 18.3 Å². The third kappa shape index (κ3) is 5.24. The van der Waals surface area contributed by atoms with Crippen molar-refractivity contribution in [2.24, 2.45) is 0 Å². The smallest absolute Gasteiger partial charge is 1.00 e. The van der Waals surface area contributed by atoms with E-state index in [9.17, 15) is 4.79 Å².